The van der Waals surface area contributed by atoms with Gasteiger partial charge in [0, 0.05) is 24.2 Å². The third-order valence-electron chi connectivity index (χ3n) is 6.00. The van der Waals surface area contributed by atoms with E-state index < -0.39 is 11.8 Å². The van der Waals surface area contributed by atoms with Crippen LogP contribution in [-0.4, -0.2) is 32.1 Å². The largest absolute Gasteiger partial charge is 0.481 e. The summed E-state index contributed by atoms with van der Waals surface area (Å²) in [6.07, 6.45) is 8.48. The van der Waals surface area contributed by atoms with Crippen LogP contribution in [0.4, 0.5) is 4.39 Å². The average Bonchev–Trinajstić information content (AvgIpc) is 3.24. The Morgan fingerprint density at radius 2 is 1.91 bits per heavy atom. The van der Waals surface area contributed by atoms with Gasteiger partial charge in [-0.2, -0.15) is 0 Å². The van der Waals surface area contributed by atoms with Crippen molar-refractivity contribution in [1.29, 1.82) is 0 Å². The molecular formula is C26H26FN3O3. The highest BCUT2D eigenvalue weighted by molar-refractivity contribution is 5.70. The fraction of sp³-hybridized carbons (Fsp3) is 0.269. The number of H-pyrrole nitrogens is 1. The van der Waals surface area contributed by atoms with Gasteiger partial charge in [-0.3, -0.25) is 4.79 Å². The molecule has 0 unspecified atom stereocenters. The number of pyridine rings is 1. The number of carboxylic acid groups (broad SMARTS) is 1. The summed E-state index contributed by atoms with van der Waals surface area (Å²) < 4.78 is 20.8. The molecule has 2 N–H and O–H groups in total. The molecule has 0 spiro atoms. The van der Waals surface area contributed by atoms with E-state index >= 15 is 0 Å². The van der Waals surface area contributed by atoms with Gasteiger partial charge in [0.15, 0.2) is 0 Å². The third kappa shape index (κ3) is 5.19. The van der Waals surface area contributed by atoms with Crippen LogP contribution in [0.25, 0.3) is 34.7 Å². The first-order chi connectivity index (χ1) is 16.0. The van der Waals surface area contributed by atoms with Crippen LogP contribution in [0.15, 0.2) is 49.7 Å². The van der Waals surface area contributed by atoms with E-state index in [0.717, 1.165) is 31.2 Å². The molecule has 2 aromatic heterocycles. The Kier molecular flexibility index (Phi) is 6.68. The maximum atomic E-state index is 14.9. The molecule has 0 radical (unpaired) electrons. The molecule has 0 bridgehead atoms. The molecule has 1 aliphatic carbocycles. The summed E-state index contributed by atoms with van der Waals surface area (Å²) in [5.74, 6) is 0.0217. The Hall–Kier alpha value is -3.74. The molecule has 3 aromatic rings. The van der Waals surface area contributed by atoms with Crippen molar-refractivity contribution in [2.45, 2.75) is 38.2 Å². The summed E-state index contributed by atoms with van der Waals surface area (Å²) >= 11 is 0. The second-order valence-corrected chi connectivity index (χ2v) is 8.23. The Bertz CT molecular complexity index is 1140. The summed E-state index contributed by atoms with van der Waals surface area (Å²) in [6.45, 7) is 7.45. The number of nitrogens with zero attached hydrogens (tertiary/aromatic N) is 2. The van der Waals surface area contributed by atoms with Crippen LogP contribution < -0.4 is 4.74 Å². The molecule has 1 aliphatic rings. The number of imidazole rings is 1. The maximum Gasteiger partial charge on any atom is 0.303 e. The Morgan fingerprint density at radius 1 is 1.15 bits per heavy atom. The summed E-state index contributed by atoms with van der Waals surface area (Å²) in [5, 5.41) is 8.93. The zero-order valence-corrected chi connectivity index (χ0v) is 18.3. The zero-order chi connectivity index (χ0) is 23.4. The molecule has 0 aliphatic heterocycles. The van der Waals surface area contributed by atoms with Crippen molar-refractivity contribution in [1.82, 2.24) is 15.0 Å². The molecule has 170 valence electrons. The van der Waals surface area contributed by atoms with Gasteiger partial charge in [0.2, 0.25) is 5.88 Å². The van der Waals surface area contributed by atoms with Crippen molar-refractivity contribution >= 4 is 18.1 Å². The number of aliphatic carboxylic acids is 1. The van der Waals surface area contributed by atoms with Crippen LogP contribution in [0.3, 0.4) is 0 Å². The third-order valence-corrected chi connectivity index (χ3v) is 6.00. The average molecular weight is 448 g/mol. The number of hydrogen-bond acceptors (Lipinski definition) is 4. The van der Waals surface area contributed by atoms with Crippen LogP contribution in [0, 0.1) is 11.7 Å². The smallest absolute Gasteiger partial charge is 0.303 e. The summed E-state index contributed by atoms with van der Waals surface area (Å²) in [7, 11) is 0. The molecule has 33 heavy (non-hydrogen) atoms. The van der Waals surface area contributed by atoms with Gasteiger partial charge in [0.05, 0.1) is 17.0 Å². The summed E-state index contributed by atoms with van der Waals surface area (Å²) in [5.41, 5.74) is 3.15. The summed E-state index contributed by atoms with van der Waals surface area (Å²) in [4.78, 5) is 22.7. The van der Waals surface area contributed by atoms with E-state index in [1.165, 1.54) is 6.07 Å². The predicted molar refractivity (Wildman–Crippen MR) is 126 cm³/mol. The number of aromatic amines is 1. The van der Waals surface area contributed by atoms with Crippen LogP contribution in [-0.2, 0) is 4.79 Å². The number of carboxylic acids is 1. The highest BCUT2D eigenvalue weighted by Gasteiger charge is 2.24. The van der Waals surface area contributed by atoms with E-state index in [9.17, 15) is 9.18 Å². The van der Waals surface area contributed by atoms with E-state index in [0.29, 0.717) is 34.2 Å². The number of carbonyl (C=O) groups is 1. The molecule has 0 amide bonds. The Labute approximate surface area is 191 Å². The lowest BCUT2D eigenvalue weighted by Crippen LogP contribution is -2.25. The van der Waals surface area contributed by atoms with Crippen molar-refractivity contribution in [3.63, 3.8) is 0 Å². The Balaban J connectivity index is 1.42. The van der Waals surface area contributed by atoms with Crippen molar-refractivity contribution in [3.05, 3.63) is 66.9 Å². The predicted octanol–water partition coefficient (Wildman–Crippen LogP) is 5.98. The molecule has 2 heterocycles. The van der Waals surface area contributed by atoms with Crippen molar-refractivity contribution < 1.29 is 19.0 Å². The molecule has 1 aromatic carbocycles. The fourth-order valence-corrected chi connectivity index (χ4v) is 4.22. The fourth-order valence-electron chi connectivity index (χ4n) is 4.22. The lowest BCUT2D eigenvalue weighted by molar-refractivity contribution is -0.138. The molecule has 0 atom stereocenters. The monoisotopic (exact) mass is 447 g/mol. The molecule has 0 saturated heterocycles. The number of benzene rings is 1. The van der Waals surface area contributed by atoms with Crippen molar-refractivity contribution in [2.75, 3.05) is 0 Å². The van der Waals surface area contributed by atoms with Gasteiger partial charge in [-0.05, 0) is 67.5 Å². The van der Waals surface area contributed by atoms with Crippen LogP contribution in [0.5, 0.6) is 5.88 Å². The van der Waals surface area contributed by atoms with Gasteiger partial charge >= 0.3 is 5.97 Å². The van der Waals surface area contributed by atoms with Crippen LogP contribution in [0.1, 0.15) is 43.5 Å². The minimum atomic E-state index is -0.742. The SMILES string of the molecule is C=Cc1nc(-c2ccc(-c3ccc(OC4CCC(CC(=O)O)CC4)nc3)cc2F)[nH]c1C=C. The minimum Gasteiger partial charge on any atom is -0.481 e. The molecule has 7 heteroatoms. The molecular weight excluding hydrogens is 421 g/mol. The van der Waals surface area contributed by atoms with E-state index in [-0.39, 0.29) is 18.4 Å². The maximum absolute atomic E-state index is 14.9. The highest BCUT2D eigenvalue weighted by atomic mass is 19.1. The van der Waals surface area contributed by atoms with E-state index in [1.807, 2.05) is 12.1 Å². The first-order valence-corrected chi connectivity index (χ1v) is 11.0. The number of ether oxygens (including phenoxy) is 1. The highest BCUT2D eigenvalue weighted by Crippen LogP contribution is 2.31. The quantitative estimate of drug-likeness (QED) is 0.444. The van der Waals surface area contributed by atoms with Gasteiger partial charge in [-0.1, -0.05) is 19.2 Å². The molecule has 1 fully saturated rings. The van der Waals surface area contributed by atoms with E-state index in [4.69, 9.17) is 9.84 Å². The standard InChI is InChI=1S/C26H26FN3O3/c1-3-22-23(4-2)30-26(29-22)20-11-7-17(14-21(20)27)18-8-12-24(28-15-18)33-19-9-5-16(6-10-19)13-25(31)32/h3-4,7-8,11-12,14-16,19H,1-2,5-6,9-10,13H2,(H,29,30)(H,31,32). The first-order valence-electron chi connectivity index (χ1n) is 11.0. The second-order valence-electron chi connectivity index (χ2n) is 8.23. The number of halogens is 1. The number of aromatic nitrogens is 3. The topological polar surface area (TPSA) is 88.1 Å². The molecule has 4 rings (SSSR count). The minimum absolute atomic E-state index is 0.0410. The lowest BCUT2D eigenvalue weighted by Gasteiger charge is -2.27. The zero-order valence-electron chi connectivity index (χ0n) is 18.3. The van der Waals surface area contributed by atoms with Gasteiger partial charge in [0.25, 0.3) is 0 Å². The molecule has 6 nitrogen and oxygen atoms in total. The second kappa shape index (κ2) is 9.81. The van der Waals surface area contributed by atoms with Gasteiger partial charge in [-0.15, -0.1) is 0 Å². The van der Waals surface area contributed by atoms with Crippen LogP contribution in [0.2, 0.25) is 0 Å². The van der Waals surface area contributed by atoms with Gasteiger partial charge in [-0.25, -0.2) is 14.4 Å². The number of rotatable bonds is 8. The number of hydrogen-bond donors (Lipinski definition) is 2. The van der Waals surface area contributed by atoms with Crippen LogP contribution >= 0.6 is 0 Å². The van der Waals surface area contributed by atoms with Crippen molar-refractivity contribution in [3.8, 4) is 28.4 Å². The van der Waals surface area contributed by atoms with E-state index in [1.54, 1.807) is 30.5 Å². The molecule has 1 saturated carbocycles. The van der Waals surface area contributed by atoms with Gasteiger partial charge < -0.3 is 14.8 Å². The first kappa shape index (κ1) is 22.5. The van der Waals surface area contributed by atoms with Gasteiger partial charge in [0.1, 0.15) is 17.7 Å². The van der Waals surface area contributed by atoms with E-state index in [2.05, 4.69) is 28.1 Å². The number of nitrogens with one attached hydrogen (secondary N) is 1. The summed E-state index contributed by atoms with van der Waals surface area (Å²) in [6, 6.07) is 8.60. The van der Waals surface area contributed by atoms with Crippen molar-refractivity contribution in [2.24, 2.45) is 5.92 Å². The normalized spacial score (nSPS) is 18.0. The lowest BCUT2D eigenvalue weighted by atomic mass is 9.85. The Morgan fingerprint density at radius 3 is 2.48 bits per heavy atom.